The van der Waals surface area contributed by atoms with Gasteiger partial charge < -0.3 is 0 Å². The molecule has 0 aliphatic rings. The number of rotatable bonds is 1. The predicted molar refractivity (Wildman–Crippen MR) is 66.5 cm³/mol. The zero-order valence-corrected chi connectivity index (χ0v) is 10.7. The predicted octanol–water partition coefficient (Wildman–Crippen LogP) is 4.21. The third kappa shape index (κ3) is 4.28. The van der Waals surface area contributed by atoms with E-state index in [1.54, 1.807) is 6.92 Å². The molecule has 1 rings (SSSR count). The highest BCUT2D eigenvalue weighted by Crippen LogP contribution is 2.22. The number of benzene rings is 1. The first-order valence-electron chi connectivity index (χ1n) is 5.53. The first-order valence-corrected chi connectivity index (χ1v) is 5.53. The van der Waals surface area contributed by atoms with Crippen LogP contribution in [-0.4, -0.2) is 5.78 Å². The second-order valence-corrected chi connectivity index (χ2v) is 4.38. The molecular formula is C14H22O. The van der Waals surface area contributed by atoms with Gasteiger partial charge in [0.05, 0.1) is 0 Å². The molecule has 0 atom stereocenters. The number of Topliss-reactive ketones (excluding diaryl/α,β-unsaturated/α-hetero) is 1. The van der Waals surface area contributed by atoms with E-state index >= 15 is 0 Å². The molecule has 0 unspecified atom stereocenters. The van der Waals surface area contributed by atoms with Crippen molar-refractivity contribution in [2.24, 2.45) is 0 Å². The lowest BCUT2D eigenvalue weighted by Gasteiger charge is -2.18. The minimum absolute atomic E-state index is 0.125. The van der Waals surface area contributed by atoms with Crippen molar-refractivity contribution >= 4 is 5.78 Å². The summed E-state index contributed by atoms with van der Waals surface area (Å²) in [4.78, 5) is 11.0. The maximum absolute atomic E-state index is 11.0. The molecule has 0 spiro atoms. The maximum atomic E-state index is 11.0. The Morgan fingerprint density at radius 1 is 1.00 bits per heavy atom. The Morgan fingerprint density at radius 2 is 1.40 bits per heavy atom. The largest absolute Gasteiger partial charge is 0.295 e. The fourth-order valence-electron chi connectivity index (χ4n) is 1.20. The lowest BCUT2D eigenvalue weighted by molar-refractivity contribution is 0.101. The summed E-state index contributed by atoms with van der Waals surface area (Å²) >= 11 is 0. The molecule has 0 aliphatic heterocycles. The number of ketones is 1. The van der Waals surface area contributed by atoms with Crippen molar-refractivity contribution in [3.05, 3.63) is 35.4 Å². The summed E-state index contributed by atoms with van der Waals surface area (Å²) in [5.41, 5.74) is 2.21. The summed E-state index contributed by atoms with van der Waals surface area (Å²) in [7, 11) is 0. The first kappa shape index (κ1) is 13.9. The van der Waals surface area contributed by atoms with Gasteiger partial charge in [-0.2, -0.15) is 0 Å². The van der Waals surface area contributed by atoms with E-state index in [1.807, 2.05) is 38.1 Å². The van der Waals surface area contributed by atoms with Crippen LogP contribution in [0.5, 0.6) is 0 Å². The summed E-state index contributed by atoms with van der Waals surface area (Å²) in [5.74, 6) is 0.125. The van der Waals surface area contributed by atoms with Crippen LogP contribution in [0.4, 0.5) is 0 Å². The van der Waals surface area contributed by atoms with E-state index in [0.717, 1.165) is 5.56 Å². The Labute approximate surface area is 93.5 Å². The van der Waals surface area contributed by atoms with Crippen molar-refractivity contribution in [2.45, 2.75) is 47.0 Å². The van der Waals surface area contributed by atoms with Gasteiger partial charge in [0.2, 0.25) is 0 Å². The Balaban J connectivity index is 0.000000921. The average molecular weight is 206 g/mol. The van der Waals surface area contributed by atoms with Gasteiger partial charge in [0.1, 0.15) is 0 Å². The Bertz CT molecular complexity index is 301. The molecule has 0 saturated carbocycles. The van der Waals surface area contributed by atoms with E-state index in [-0.39, 0.29) is 11.2 Å². The van der Waals surface area contributed by atoms with Crippen molar-refractivity contribution < 1.29 is 4.79 Å². The van der Waals surface area contributed by atoms with Crippen LogP contribution in [0.3, 0.4) is 0 Å². The molecule has 1 heteroatoms. The van der Waals surface area contributed by atoms with Gasteiger partial charge in [0.25, 0.3) is 0 Å². The number of hydrogen-bond acceptors (Lipinski definition) is 1. The third-order valence-corrected chi connectivity index (χ3v) is 2.16. The number of carbonyl (C=O) groups is 1. The first-order chi connectivity index (χ1) is 6.91. The summed E-state index contributed by atoms with van der Waals surface area (Å²) in [6.07, 6.45) is 0. The smallest absolute Gasteiger partial charge is 0.159 e. The third-order valence-electron chi connectivity index (χ3n) is 2.16. The van der Waals surface area contributed by atoms with Crippen molar-refractivity contribution in [1.29, 1.82) is 0 Å². The Hall–Kier alpha value is -1.11. The standard InChI is InChI=1S/C12H16O.C2H6/c1-9(13)10-5-7-11(8-6-10)12(2,3)4;1-2/h5-8H,1-4H3;1-2H3. The highest BCUT2D eigenvalue weighted by atomic mass is 16.1. The summed E-state index contributed by atoms with van der Waals surface area (Å²) < 4.78 is 0. The Kier molecular flexibility index (Phi) is 5.27. The lowest BCUT2D eigenvalue weighted by Crippen LogP contribution is -2.10. The van der Waals surface area contributed by atoms with Crippen molar-refractivity contribution in [2.75, 3.05) is 0 Å². The SMILES string of the molecule is CC.CC(=O)c1ccc(C(C)(C)C)cc1. The van der Waals surface area contributed by atoms with Gasteiger partial charge in [0, 0.05) is 5.56 Å². The summed E-state index contributed by atoms with van der Waals surface area (Å²) in [6, 6.07) is 7.83. The minimum atomic E-state index is 0.125. The van der Waals surface area contributed by atoms with E-state index in [0.29, 0.717) is 0 Å². The van der Waals surface area contributed by atoms with Crippen LogP contribution in [0, 0.1) is 0 Å². The van der Waals surface area contributed by atoms with E-state index < -0.39 is 0 Å². The molecule has 0 fully saturated rings. The van der Waals surface area contributed by atoms with Crippen molar-refractivity contribution in [3.8, 4) is 0 Å². The van der Waals surface area contributed by atoms with Crippen molar-refractivity contribution in [3.63, 3.8) is 0 Å². The molecule has 0 aromatic heterocycles. The fourth-order valence-corrected chi connectivity index (χ4v) is 1.20. The van der Waals surface area contributed by atoms with Crippen LogP contribution < -0.4 is 0 Å². The molecule has 84 valence electrons. The van der Waals surface area contributed by atoms with Gasteiger partial charge in [-0.3, -0.25) is 4.79 Å². The molecule has 0 heterocycles. The number of hydrogen-bond donors (Lipinski definition) is 0. The van der Waals surface area contributed by atoms with Crippen molar-refractivity contribution in [1.82, 2.24) is 0 Å². The zero-order chi connectivity index (χ0) is 12.1. The molecule has 0 bridgehead atoms. The monoisotopic (exact) mass is 206 g/mol. The van der Waals surface area contributed by atoms with E-state index in [9.17, 15) is 4.79 Å². The molecule has 1 aromatic carbocycles. The molecule has 15 heavy (non-hydrogen) atoms. The van der Waals surface area contributed by atoms with E-state index in [1.165, 1.54) is 5.56 Å². The molecule has 0 N–H and O–H groups in total. The number of carbonyl (C=O) groups excluding carboxylic acids is 1. The minimum Gasteiger partial charge on any atom is -0.295 e. The lowest BCUT2D eigenvalue weighted by atomic mass is 9.86. The van der Waals surface area contributed by atoms with Crippen LogP contribution >= 0.6 is 0 Å². The fraction of sp³-hybridized carbons (Fsp3) is 0.500. The van der Waals surface area contributed by atoms with Gasteiger partial charge in [-0.05, 0) is 17.9 Å². The van der Waals surface area contributed by atoms with E-state index in [4.69, 9.17) is 0 Å². The average Bonchev–Trinajstić information content (AvgIpc) is 2.20. The molecule has 1 nitrogen and oxygen atoms in total. The summed E-state index contributed by atoms with van der Waals surface area (Å²) in [6.45, 7) is 12.1. The van der Waals surface area contributed by atoms with Gasteiger partial charge in [-0.15, -0.1) is 0 Å². The quantitative estimate of drug-likeness (QED) is 0.629. The van der Waals surface area contributed by atoms with Crippen LogP contribution in [0.1, 0.15) is 57.5 Å². The maximum Gasteiger partial charge on any atom is 0.159 e. The van der Waals surface area contributed by atoms with Crippen LogP contribution in [0.2, 0.25) is 0 Å². The van der Waals surface area contributed by atoms with Crippen LogP contribution in [0.25, 0.3) is 0 Å². The second kappa shape index (κ2) is 5.69. The molecule has 0 aliphatic carbocycles. The highest BCUT2D eigenvalue weighted by molar-refractivity contribution is 5.94. The Morgan fingerprint density at radius 3 is 1.67 bits per heavy atom. The summed E-state index contributed by atoms with van der Waals surface area (Å²) in [5, 5.41) is 0. The van der Waals surface area contributed by atoms with E-state index in [2.05, 4.69) is 20.8 Å². The topological polar surface area (TPSA) is 17.1 Å². The molecular weight excluding hydrogens is 184 g/mol. The van der Waals surface area contributed by atoms with Crippen LogP contribution in [0.15, 0.2) is 24.3 Å². The molecule has 0 saturated heterocycles. The molecule has 0 radical (unpaired) electrons. The second-order valence-electron chi connectivity index (χ2n) is 4.38. The highest BCUT2D eigenvalue weighted by Gasteiger charge is 2.13. The normalized spacial score (nSPS) is 10.3. The van der Waals surface area contributed by atoms with Gasteiger partial charge in [-0.1, -0.05) is 58.9 Å². The molecule has 0 amide bonds. The van der Waals surface area contributed by atoms with Gasteiger partial charge in [-0.25, -0.2) is 0 Å². The molecule has 1 aromatic rings. The van der Waals surface area contributed by atoms with Gasteiger partial charge >= 0.3 is 0 Å². The van der Waals surface area contributed by atoms with Gasteiger partial charge in [0.15, 0.2) is 5.78 Å². The zero-order valence-electron chi connectivity index (χ0n) is 10.7. The van der Waals surface area contributed by atoms with Crippen LogP contribution in [-0.2, 0) is 5.41 Å².